The van der Waals surface area contributed by atoms with Gasteiger partial charge in [-0.05, 0) is 6.42 Å². The molecule has 0 heterocycles. The second kappa shape index (κ2) is 15.7. The molecule has 0 fully saturated rings. The lowest BCUT2D eigenvalue weighted by molar-refractivity contribution is 0.984. The van der Waals surface area contributed by atoms with Gasteiger partial charge < -0.3 is 0 Å². The molecule has 0 rings (SSSR count). The SMILES string of the molecule is C#CCC.C#CCCC. The monoisotopic (exact) mass is 122 g/mol. The molecule has 0 nitrogen and oxygen atoms in total. The molecule has 9 heavy (non-hydrogen) atoms. The third-order valence-electron chi connectivity index (χ3n) is 0.598. The van der Waals surface area contributed by atoms with Crippen LogP contribution in [-0.4, -0.2) is 0 Å². The van der Waals surface area contributed by atoms with Crippen LogP contribution in [-0.2, 0) is 0 Å². The summed E-state index contributed by atoms with van der Waals surface area (Å²) >= 11 is 0. The number of hydrogen-bond acceptors (Lipinski definition) is 0. The first-order valence-corrected chi connectivity index (χ1v) is 3.20. The molecule has 0 aliphatic heterocycles. The average molecular weight is 122 g/mol. The molecule has 0 aromatic heterocycles. The quantitative estimate of drug-likeness (QED) is 0.469. The molecule has 0 unspecified atom stereocenters. The van der Waals surface area contributed by atoms with Crippen molar-refractivity contribution in [2.45, 2.75) is 33.1 Å². The predicted octanol–water partition coefficient (Wildman–Crippen LogP) is 2.45. The standard InChI is InChI=1S/C5H8.C4H6/c1-3-5-4-2;1-3-4-2/h1H,4-5H2,2H3;1H,4H2,2H3. The minimum absolute atomic E-state index is 0.847. The summed E-state index contributed by atoms with van der Waals surface area (Å²) in [6.45, 7) is 4.01. The highest BCUT2D eigenvalue weighted by atomic mass is 13.7. The zero-order chi connectivity index (χ0) is 7.54. The molecular formula is C9H14. The lowest BCUT2D eigenvalue weighted by Gasteiger charge is -1.69. The van der Waals surface area contributed by atoms with Crippen LogP contribution in [0.25, 0.3) is 0 Å². The highest BCUT2D eigenvalue weighted by molar-refractivity contribution is 4.81. The number of rotatable bonds is 1. The zero-order valence-corrected chi connectivity index (χ0v) is 6.28. The Kier molecular flexibility index (Phi) is 19.2. The summed E-state index contributed by atoms with van der Waals surface area (Å²) in [5, 5.41) is 0. The van der Waals surface area contributed by atoms with Crippen LogP contribution in [0.15, 0.2) is 0 Å². The van der Waals surface area contributed by atoms with E-state index in [2.05, 4.69) is 18.8 Å². The maximum Gasteiger partial charge on any atom is 0.00834 e. The Hall–Kier alpha value is -0.880. The Bertz CT molecular complexity index is 98.2. The minimum atomic E-state index is 0.847. The van der Waals surface area contributed by atoms with Crippen LogP contribution >= 0.6 is 0 Å². The Balaban J connectivity index is 0. The molecule has 0 aliphatic carbocycles. The largest absolute Gasteiger partial charge is 0.120 e. The van der Waals surface area contributed by atoms with Crippen molar-refractivity contribution >= 4 is 0 Å². The number of hydrogen-bond donors (Lipinski definition) is 0. The van der Waals surface area contributed by atoms with Gasteiger partial charge in [-0.25, -0.2) is 0 Å². The second-order valence-electron chi connectivity index (χ2n) is 1.51. The molecule has 0 amide bonds. The van der Waals surface area contributed by atoms with Gasteiger partial charge in [0.2, 0.25) is 0 Å². The third kappa shape index (κ3) is 41.5. The number of terminal acetylenes is 2. The summed E-state index contributed by atoms with van der Waals surface area (Å²) in [4.78, 5) is 0. The summed E-state index contributed by atoms with van der Waals surface area (Å²) < 4.78 is 0. The molecule has 0 saturated heterocycles. The van der Waals surface area contributed by atoms with Gasteiger partial charge in [0.05, 0.1) is 0 Å². The normalized spacial score (nSPS) is 5.78. The van der Waals surface area contributed by atoms with E-state index in [1.165, 1.54) is 0 Å². The van der Waals surface area contributed by atoms with Gasteiger partial charge in [-0.15, -0.1) is 24.7 Å². The van der Waals surface area contributed by atoms with E-state index < -0.39 is 0 Å². The van der Waals surface area contributed by atoms with Crippen molar-refractivity contribution in [2.24, 2.45) is 0 Å². The predicted molar refractivity (Wildman–Crippen MR) is 42.9 cm³/mol. The molecular weight excluding hydrogens is 108 g/mol. The van der Waals surface area contributed by atoms with Gasteiger partial charge >= 0.3 is 0 Å². The third-order valence-corrected chi connectivity index (χ3v) is 0.598. The van der Waals surface area contributed by atoms with E-state index in [-0.39, 0.29) is 0 Å². The van der Waals surface area contributed by atoms with Crippen molar-refractivity contribution in [1.29, 1.82) is 0 Å². The summed E-state index contributed by atoms with van der Waals surface area (Å²) in [6.07, 6.45) is 12.5. The van der Waals surface area contributed by atoms with Gasteiger partial charge in [-0.1, -0.05) is 13.8 Å². The van der Waals surface area contributed by atoms with Crippen molar-refractivity contribution in [1.82, 2.24) is 0 Å². The Labute approximate surface area is 58.7 Å². The molecule has 0 aromatic rings. The van der Waals surface area contributed by atoms with Crippen molar-refractivity contribution in [3.8, 4) is 24.7 Å². The lowest BCUT2D eigenvalue weighted by atomic mass is 10.4. The first kappa shape index (κ1) is 11.0. The summed E-state index contributed by atoms with van der Waals surface area (Å²) in [5.41, 5.74) is 0. The van der Waals surface area contributed by atoms with Crippen LogP contribution in [0.2, 0.25) is 0 Å². The molecule has 50 valence electrons. The lowest BCUT2D eigenvalue weighted by Crippen LogP contribution is -1.53. The van der Waals surface area contributed by atoms with Crippen LogP contribution < -0.4 is 0 Å². The fourth-order valence-electron chi connectivity index (χ4n) is 0.144. The van der Waals surface area contributed by atoms with Crippen molar-refractivity contribution in [3.63, 3.8) is 0 Å². The van der Waals surface area contributed by atoms with E-state index in [1.807, 2.05) is 6.92 Å². The molecule has 0 heteroatoms. The van der Waals surface area contributed by atoms with Gasteiger partial charge in [-0.3, -0.25) is 0 Å². The van der Waals surface area contributed by atoms with Crippen LogP contribution in [0.1, 0.15) is 33.1 Å². The fourth-order valence-corrected chi connectivity index (χ4v) is 0.144. The Morgan fingerprint density at radius 2 is 1.56 bits per heavy atom. The van der Waals surface area contributed by atoms with Crippen LogP contribution in [0.4, 0.5) is 0 Å². The first-order chi connectivity index (χ1) is 4.33. The van der Waals surface area contributed by atoms with Gasteiger partial charge in [0, 0.05) is 12.8 Å². The van der Waals surface area contributed by atoms with E-state index in [1.54, 1.807) is 0 Å². The van der Waals surface area contributed by atoms with Crippen molar-refractivity contribution in [3.05, 3.63) is 0 Å². The van der Waals surface area contributed by atoms with Gasteiger partial charge in [0.15, 0.2) is 0 Å². The molecule has 0 N–H and O–H groups in total. The topological polar surface area (TPSA) is 0 Å². The summed E-state index contributed by atoms with van der Waals surface area (Å²) in [7, 11) is 0. The molecule has 0 radical (unpaired) electrons. The molecule has 0 spiro atoms. The van der Waals surface area contributed by atoms with Gasteiger partial charge in [0.25, 0.3) is 0 Å². The highest BCUT2D eigenvalue weighted by Crippen LogP contribution is 1.77. The van der Waals surface area contributed by atoms with E-state index in [9.17, 15) is 0 Å². The minimum Gasteiger partial charge on any atom is -0.120 e. The number of unbranched alkanes of at least 4 members (excludes halogenated alkanes) is 1. The van der Waals surface area contributed by atoms with E-state index in [0.29, 0.717) is 0 Å². The summed E-state index contributed by atoms with van der Waals surface area (Å²) in [6, 6.07) is 0. The van der Waals surface area contributed by atoms with E-state index in [4.69, 9.17) is 12.8 Å². The average Bonchev–Trinajstić information content (AvgIpc) is 1.91. The smallest absolute Gasteiger partial charge is 0.00834 e. The fraction of sp³-hybridized carbons (Fsp3) is 0.556. The van der Waals surface area contributed by atoms with E-state index in [0.717, 1.165) is 19.3 Å². The maximum atomic E-state index is 4.89. The highest BCUT2D eigenvalue weighted by Gasteiger charge is 1.61. The Morgan fingerprint density at radius 3 is 1.56 bits per heavy atom. The second-order valence-corrected chi connectivity index (χ2v) is 1.51. The Morgan fingerprint density at radius 1 is 1.11 bits per heavy atom. The molecule has 0 saturated carbocycles. The molecule has 0 aromatic carbocycles. The zero-order valence-electron chi connectivity index (χ0n) is 6.28. The first-order valence-electron chi connectivity index (χ1n) is 3.20. The van der Waals surface area contributed by atoms with Gasteiger partial charge in [-0.2, -0.15) is 0 Å². The maximum absolute atomic E-state index is 4.89. The molecule has 0 bridgehead atoms. The van der Waals surface area contributed by atoms with Crippen LogP contribution in [0, 0.1) is 24.7 Å². The molecule has 0 aliphatic rings. The van der Waals surface area contributed by atoms with Crippen LogP contribution in [0.3, 0.4) is 0 Å². The van der Waals surface area contributed by atoms with Crippen molar-refractivity contribution in [2.75, 3.05) is 0 Å². The van der Waals surface area contributed by atoms with E-state index >= 15 is 0 Å². The van der Waals surface area contributed by atoms with Crippen LogP contribution in [0.5, 0.6) is 0 Å². The van der Waals surface area contributed by atoms with Crippen molar-refractivity contribution < 1.29 is 0 Å². The molecule has 0 atom stereocenters. The summed E-state index contributed by atoms with van der Waals surface area (Å²) in [5.74, 6) is 4.95. The van der Waals surface area contributed by atoms with Gasteiger partial charge in [0.1, 0.15) is 0 Å².